The molecule has 1 aromatic carbocycles. The number of pyridine rings is 1. The van der Waals surface area contributed by atoms with Crippen LogP contribution in [0.1, 0.15) is 18.1 Å². The second kappa shape index (κ2) is 5.04. The molecule has 0 saturated heterocycles. The van der Waals surface area contributed by atoms with Gasteiger partial charge in [-0.1, -0.05) is 0 Å². The third-order valence-electron chi connectivity index (χ3n) is 2.82. The number of aryl methyl sites for hydroxylation is 1. The number of fused-ring (bicyclic) bond motifs is 1. The number of carbonyl (C=O) groups excluding carboxylic acids is 1. The van der Waals surface area contributed by atoms with Gasteiger partial charge in [-0.2, -0.15) is 0 Å². The van der Waals surface area contributed by atoms with Gasteiger partial charge in [0.15, 0.2) is 0 Å². The molecular formula is C14H15NO3. The highest BCUT2D eigenvalue weighted by molar-refractivity contribution is 5.84. The highest BCUT2D eigenvalue weighted by atomic mass is 16.5. The molecule has 0 unspecified atom stereocenters. The van der Waals surface area contributed by atoms with E-state index in [9.17, 15) is 4.79 Å². The minimum Gasteiger partial charge on any atom is -0.497 e. The van der Waals surface area contributed by atoms with Gasteiger partial charge < -0.3 is 9.47 Å². The van der Waals surface area contributed by atoms with E-state index in [0.29, 0.717) is 0 Å². The Kier molecular flexibility index (Phi) is 3.46. The van der Waals surface area contributed by atoms with E-state index in [0.717, 1.165) is 27.8 Å². The van der Waals surface area contributed by atoms with Gasteiger partial charge in [-0.25, -0.2) is 0 Å². The Morgan fingerprint density at radius 3 is 2.83 bits per heavy atom. The smallest absolute Gasteiger partial charge is 0.302 e. The van der Waals surface area contributed by atoms with Crippen molar-refractivity contribution in [3.8, 4) is 5.75 Å². The second-order valence-electron chi connectivity index (χ2n) is 4.08. The number of ether oxygens (including phenoxy) is 2. The molecule has 2 rings (SSSR count). The Labute approximate surface area is 106 Å². The lowest BCUT2D eigenvalue weighted by Gasteiger charge is -2.10. The van der Waals surface area contributed by atoms with Gasteiger partial charge in [0.05, 0.1) is 12.6 Å². The van der Waals surface area contributed by atoms with Gasteiger partial charge in [0.2, 0.25) is 0 Å². The van der Waals surface area contributed by atoms with Crippen LogP contribution in [0.4, 0.5) is 0 Å². The van der Waals surface area contributed by atoms with E-state index in [1.165, 1.54) is 6.92 Å². The number of benzene rings is 1. The van der Waals surface area contributed by atoms with Crippen molar-refractivity contribution in [3.05, 3.63) is 35.5 Å². The van der Waals surface area contributed by atoms with Crippen LogP contribution >= 0.6 is 0 Å². The molecule has 0 fully saturated rings. The van der Waals surface area contributed by atoms with Gasteiger partial charge >= 0.3 is 5.97 Å². The summed E-state index contributed by atoms with van der Waals surface area (Å²) in [4.78, 5) is 15.3. The fourth-order valence-electron chi connectivity index (χ4n) is 1.82. The van der Waals surface area contributed by atoms with Crippen molar-refractivity contribution in [2.75, 3.05) is 7.11 Å². The van der Waals surface area contributed by atoms with Gasteiger partial charge in [-0.05, 0) is 30.7 Å². The zero-order chi connectivity index (χ0) is 13.1. The van der Waals surface area contributed by atoms with E-state index < -0.39 is 0 Å². The van der Waals surface area contributed by atoms with Crippen molar-refractivity contribution in [2.24, 2.45) is 0 Å². The molecule has 18 heavy (non-hydrogen) atoms. The van der Waals surface area contributed by atoms with E-state index in [-0.39, 0.29) is 12.6 Å². The molecule has 1 aromatic heterocycles. The molecule has 0 atom stereocenters. The first-order valence-electron chi connectivity index (χ1n) is 5.67. The Bertz CT molecular complexity index is 593. The molecule has 0 bridgehead atoms. The van der Waals surface area contributed by atoms with Crippen molar-refractivity contribution in [1.82, 2.24) is 4.98 Å². The zero-order valence-electron chi connectivity index (χ0n) is 10.7. The number of rotatable bonds is 3. The maximum atomic E-state index is 10.9. The molecule has 0 saturated carbocycles. The molecule has 0 aliphatic rings. The van der Waals surface area contributed by atoms with Gasteiger partial charge in [0, 0.05) is 24.1 Å². The fraction of sp³-hybridized carbons (Fsp3) is 0.286. The third kappa shape index (κ3) is 2.42. The number of aromatic nitrogens is 1. The Balaban J connectivity index is 2.53. The molecule has 0 aliphatic heterocycles. The molecule has 0 aliphatic carbocycles. The van der Waals surface area contributed by atoms with Crippen LogP contribution in [0.2, 0.25) is 0 Å². The third-order valence-corrected chi connectivity index (χ3v) is 2.82. The SMILES string of the molecule is COc1ccc2ncc(C)c(COC(C)=O)c2c1. The summed E-state index contributed by atoms with van der Waals surface area (Å²) in [7, 11) is 1.62. The zero-order valence-corrected chi connectivity index (χ0v) is 10.7. The molecule has 4 nitrogen and oxygen atoms in total. The van der Waals surface area contributed by atoms with Crippen LogP contribution < -0.4 is 4.74 Å². The van der Waals surface area contributed by atoms with Gasteiger partial charge in [0.1, 0.15) is 12.4 Å². The predicted octanol–water partition coefficient (Wildman–Crippen LogP) is 2.61. The summed E-state index contributed by atoms with van der Waals surface area (Å²) in [5.41, 5.74) is 2.83. The van der Waals surface area contributed by atoms with E-state index in [4.69, 9.17) is 9.47 Å². The van der Waals surface area contributed by atoms with Gasteiger partial charge in [-0.3, -0.25) is 9.78 Å². The molecule has 94 valence electrons. The highest BCUT2D eigenvalue weighted by Gasteiger charge is 2.08. The molecule has 0 N–H and O–H groups in total. The largest absolute Gasteiger partial charge is 0.497 e. The predicted molar refractivity (Wildman–Crippen MR) is 68.5 cm³/mol. The van der Waals surface area contributed by atoms with Crippen LogP contribution in [0.3, 0.4) is 0 Å². The van der Waals surface area contributed by atoms with Gasteiger partial charge in [0.25, 0.3) is 0 Å². The summed E-state index contributed by atoms with van der Waals surface area (Å²) in [6.45, 7) is 3.61. The van der Waals surface area contributed by atoms with E-state index in [1.54, 1.807) is 13.3 Å². The molecule has 0 spiro atoms. The van der Waals surface area contributed by atoms with Crippen molar-refractivity contribution in [3.63, 3.8) is 0 Å². The normalized spacial score (nSPS) is 10.4. The lowest BCUT2D eigenvalue weighted by atomic mass is 10.1. The monoisotopic (exact) mass is 245 g/mol. The number of esters is 1. The minimum absolute atomic E-state index is 0.257. The first-order chi connectivity index (χ1) is 8.61. The Morgan fingerprint density at radius 1 is 1.39 bits per heavy atom. The molecule has 1 heterocycles. The number of nitrogens with zero attached hydrogens (tertiary/aromatic N) is 1. The summed E-state index contributed by atoms with van der Waals surface area (Å²) >= 11 is 0. The molecule has 2 aromatic rings. The van der Waals surface area contributed by atoms with Crippen molar-refractivity contribution < 1.29 is 14.3 Å². The standard InChI is InChI=1S/C14H15NO3/c1-9-7-15-14-5-4-11(17-3)6-12(14)13(9)8-18-10(2)16/h4-7H,8H2,1-3H3. The minimum atomic E-state index is -0.290. The quantitative estimate of drug-likeness (QED) is 0.780. The number of methoxy groups -OCH3 is 1. The second-order valence-corrected chi connectivity index (χ2v) is 4.08. The summed E-state index contributed by atoms with van der Waals surface area (Å²) in [6, 6.07) is 5.67. The van der Waals surface area contributed by atoms with E-state index in [2.05, 4.69) is 4.98 Å². The molecule has 0 radical (unpaired) electrons. The fourth-order valence-corrected chi connectivity index (χ4v) is 1.82. The van der Waals surface area contributed by atoms with E-state index in [1.807, 2.05) is 25.1 Å². The molecule has 0 amide bonds. The molecule has 4 heteroatoms. The van der Waals surface area contributed by atoms with E-state index >= 15 is 0 Å². The Hall–Kier alpha value is -2.10. The lowest BCUT2D eigenvalue weighted by molar-refractivity contribution is -0.142. The lowest BCUT2D eigenvalue weighted by Crippen LogP contribution is -2.02. The maximum absolute atomic E-state index is 10.9. The summed E-state index contributed by atoms with van der Waals surface area (Å²) in [5.74, 6) is 0.473. The van der Waals surface area contributed by atoms with Crippen LogP contribution in [0, 0.1) is 6.92 Å². The summed E-state index contributed by atoms with van der Waals surface area (Å²) in [5, 5.41) is 0.954. The van der Waals surface area contributed by atoms with Crippen molar-refractivity contribution in [2.45, 2.75) is 20.5 Å². The first-order valence-corrected chi connectivity index (χ1v) is 5.67. The van der Waals surface area contributed by atoms with Crippen LogP contribution in [-0.2, 0) is 16.1 Å². The number of hydrogen-bond donors (Lipinski definition) is 0. The van der Waals surface area contributed by atoms with Crippen LogP contribution in [0.5, 0.6) is 5.75 Å². The van der Waals surface area contributed by atoms with Crippen molar-refractivity contribution in [1.29, 1.82) is 0 Å². The average molecular weight is 245 g/mol. The number of hydrogen-bond acceptors (Lipinski definition) is 4. The summed E-state index contributed by atoms with van der Waals surface area (Å²) in [6.07, 6.45) is 1.79. The topological polar surface area (TPSA) is 48.4 Å². The average Bonchev–Trinajstić information content (AvgIpc) is 2.36. The van der Waals surface area contributed by atoms with Crippen LogP contribution in [-0.4, -0.2) is 18.1 Å². The molecular weight excluding hydrogens is 230 g/mol. The Morgan fingerprint density at radius 2 is 2.17 bits per heavy atom. The van der Waals surface area contributed by atoms with Gasteiger partial charge in [-0.15, -0.1) is 0 Å². The first kappa shape index (κ1) is 12.4. The van der Waals surface area contributed by atoms with Crippen LogP contribution in [0.15, 0.2) is 24.4 Å². The van der Waals surface area contributed by atoms with Crippen LogP contribution in [0.25, 0.3) is 10.9 Å². The van der Waals surface area contributed by atoms with Crippen molar-refractivity contribution >= 4 is 16.9 Å². The number of carbonyl (C=O) groups is 1. The highest BCUT2D eigenvalue weighted by Crippen LogP contribution is 2.25. The maximum Gasteiger partial charge on any atom is 0.302 e. The summed E-state index contributed by atoms with van der Waals surface area (Å²) < 4.78 is 10.3.